The molecule has 0 aliphatic rings. The van der Waals surface area contributed by atoms with Gasteiger partial charge in [-0.15, -0.1) is 0 Å². The highest BCUT2D eigenvalue weighted by molar-refractivity contribution is 5.79. The van der Waals surface area contributed by atoms with Crippen LogP contribution in [0.2, 0.25) is 0 Å². The van der Waals surface area contributed by atoms with Crippen LogP contribution in [0.1, 0.15) is 0 Å². The molecular formula is C12H9N3O2. The van der Waals surface area contributed by atoms with Gasteiger partial charge in [0.15, 0.2) is 5.75 Å². The lowest BCUT2D eigenvalue weighted by Crippen LogP contribution is -2.08. The minimum atomic E-state index is -0.278. The molecular weight excluding hydrogens is 218 g/mol. The quantitative estimate of drug-likeness (QED) is 0.703. The Morgan fingerprint density at radius 2 is 2.12 bits per heavy atom. The molecule has 84 valence electrons. The third-order valence-corrected chi connectivity index (χ3v) is 2.40. The number of fused-ring (bicyclic) bond motifs is 1. The van der Waals surface area contributed by atoms with E-state index in [0.717, 1.165) is 10.9 Å². The number of hydrogen-bond donors (Lipinski definition) is 2. The van der Waals surface area contributed by atoms with Crippen LogP contribution in [0.25, 0.3) is 10.9 Å². The predicted octanol–water partition coefficient (Wildman–Crippen LogP) is 2.04. The Kier molecular flexibility index (Phi) is 2.15. The average molecular weight is 227 g/mol. The van der Waals surface area contributed by atoms with E-state index in [2.05, 4.69) is 15.0 Å². The maximum atomic E-state index is 11.7. The molecule has 0 amide bonds. The zero-order chi connectivity index (χ0) is 11.7. The summed E-state index contributed by atoms with van der Waals surface area (Å²) in [7, 11) is 0. The van der Waals surface area contributed by atoms with Crippen molar-refractivity contribution in [2.24, 2.45) is 0 Å². The summed E-state index contributed by atoms with van der Waals surface area (Å²) in [5.41, 5.74) is 0.504. The number of rotatable bonds is 2. The van der Waals surface area contributed by atoms with Gasteiger partial charge in [0.2, 0.25) is 0 Å². The van der Waals surface area contributed by atoms with Gasteiger partial charge in [-0.1, -0.05) is 18.2 Å². The van der Waals surface area contributed by atoms with Gasteiger partial charge in [0.05, 0.1) is 0 Å². The fraction of sp³-hybridized carbons (Fsp3) is 0. The molecule has 0 bridgehead atoms. The molecule has 0 fully saturated rings. The Hall–Kier alpha value is -2.56. The van der Waals surface area contributed by atoms with Crippen LogP contribution in [-0.2, 0) is 0 Å². The zero-order valence-corrected chi connectivity index (χ0v) is 8.81. The van der Waals surface area contributed by atoms with Crippen molar-refractivity contribution < 1.29 is 4.74 Å². The Bertz CT molecular complexity index is 701. The van der Waals surface area contributed by atoms with Crippen LogP contribution in [0, 0.1) is 0 Å². The third-order valence-electron chi connectivity index (χ3n) is 2.40. The van der Waals surface area contributed by atoms with E-state index in [0.29, 0.717) is 6.01 Å². The molecule has 0 saturated heterocycles. The van der Waals surface area contributed by atoms with E-state index in [4.69, 9.17) is 4.74 Å². The number of imidazole rings is 1. The third kappa shape index (κ3) is 1.78. The highest BCUT2D eigenvalue weighted by Crippen LogP contribution is 2.17. The maximum Gasteiger partial charge on any atom is 0.299 e. The first-order valence-corrected chi connectivity index (χ1v) is 5.12. The molecule has 0 radical (unpaired) electrons. The minimum Gasteiger partial charge on any atom is -0.420 e. The first-order valence-electron chi connectivity index (χ1n) is 5.12. The SMILES string of the molecule is O=c1[nH]c2ccccc2cc1Oc1ncc[nH]1. The first kappa shape index (κ1) is 9.65. The van der Waals surface area contributed by atoms with Crippen molar-refractivity contribution in [2.75, 3.05) is 0 Å². The van der Waals surface area contributed by atoms with Crippen LogP contribution in [0.5, 0.6) is 11.8 Å². The van der Waals surface area contributed by atoms with Crippen molar-refractivity contribution in [3.63, 3.8) is 0 Å². The number of nitrogens with one attached hydrogen (secondary N) is 2. The monoisotopic (exact) mass is 227 g/mol. The summed E-state index contributed by atoms with van der Waals surface area (Å²) < 4.78 is 5.35. The van der Waals surface area contributed by atoms with Crippen molar-refractivity contribution in [2.45, 2.75) is 0 Å². The molecule has 5 heteroatoms. The number of benzene rings is 1. The molecule has 1 aromatic carbocycles. The lowest BCUT2D eigenvalue weighted by atomic mass is 10.2. The maximum absolute atomic E-state index is 11.7. The Labute approximate surface area is 96.1 Å². The van der Waals surface area contributed by atoms with Gasteiger partial charge in [0, 0.05) is 23.3 Å². The predicted molar refractivity (Wildman–Crippen MR) is 63.2 cm³/mol. The van der Waals surface area contributed by atoms with E-state index < -0.39 is 0 Å². The fourth-order valence-electron chi connectivity index (χ4n) is 1.61. The van der Waals surface area contributed by atoms with E-state index >= 15 is 0 Å². The molecule has 0 atom stereocenters. The van der Waals surface area contributed by atoms with Crippen LogP contribution in [0.4, 0.5) is 0 Å². The lowest BCUT2D eigenvalue weighted by molar-refractivity contribution is 0.442. The normalized spacial score (nSPS) is 10.6. The molecule has 2 aromatic heterocycles. The van der Waals surface area contributed by atoms with E-state index in [9.17, 15) is 4.79 Å². The number of H-pyrrole nitrogens is 2. The van der Waals surface area contributed by atoms with Crippen LogP contribution in [0.3, 0.4) is 0 Å². The van der Waals surface area contributed by atoms with Gasteiger partial charge in [-0.2, -0.15) is 0 Å². The molecule has 0 aliphatic heterocycles. The van der Waals surface area contributed by atoms with Gasteiger partial charge in [0.25, 0.3) is 11.6 Å². The van der Waals surface area contributed by atoms with Gasteiger partial charge in [-0.05, 0) is 12.1 Å². The summed E-state index contributed by atoms with van der Waals surface area (Å²) in [6, 6.07) is 9.50. The average Bonchev–Trinajstić information content (AvgIpc) is 2.83. The van der Waals surface area contributed by atoms with Crippen molar-refractivity contribution >= 4 is 10.9 Å². The van der Waals surface area contributed by atoms with Crippen LogP contribution >= 0.6 is 0 Å². The van der Waals surface area contributed by atoms with Gasteiger partial charge in [0.1, 0.15) is 0 Å². The minimum absolute atomic E-state index is 0.221. The van der Waals surface area contributed by atoms with Gasteiger partial charge >= 0.3 is 0 Å². The summed E-state index contributed by atoms with van der Waals surface area (Å²) in [5.74, 6) is 0.221. The molecule has 17 heavy (non-hydrogen) atoms. The van der Waals surface area contributed by atoms with E-state index in [1.54, 1.807) is 18.5 Å². The topological polar surface area (TPSA) is 70.8 Å². The van der Waals surface area contributed by atoms with E-state index in [-0.39, 0.29) is 11.3 Å². The second kappa shape index (κ2) is 3.79. The highest BCUT2D eigenvalue weighted by atomic mass is 16.5. The molecule has 5 nitrogen and oxygen atoms in total. The summed E-state index contributed by atoms with van der Waals surface area (Å²) >= 11 is 0. The highest BCUT2D eigenvalue weighted by Gasteiger charge is 2.05. The molecule has 3 aromatic rings. The summed E-state index contributed by atoms with van der Waals surface area (Å²) in [6.45, 7) is 0. The lowest BCUT2D eigenvalue weighted by Gasteiger charge is -2.02. The molecule has 2 N–H and O–H groups in total. The molecule has 0 saturated carbocycles. The van der Waals surface area contributed by atoms with Crippen molar-refractivity contribution in [3.8, 4) is 11.8 Å². The van der Waals surface area contributed by atoms with Crippen LogP contribution in [-0.4, -0.2) is 15.0 Å². The number of aromatic amines is 2. The van der Waals surface area contributed by atoms with E-state index in [1.165, 1.54) is 0 Å². The van der Waals surface area contributed by atoms with Gasteiger partial charge < -0.3 is 14.7 Å². The fourth-order valence-corrected chi connectivity index (χ4v) is 1.61. The first-order chi connectivity index (χ1) is 8.33. The second-order valence-electron chi connectivity index (χ2n) is 3.55. The molecule has 3 rings (SSSR count). The van der Waals surface area contributed by atoms with E-state index in [1.807, 2.05) is 24.3 Å². The number of nitrogens with zero attached hydrogens (tertiary/aromatic N) is 1. The van der Waals surface area contributed by atoms with Gasteiger partial charge in [-0.25, -0.2) is 4.98 Å². The molecule has 0 aliphatic carbocycles. The molecule has 0 spiro atoms. The molecule has 0 unspecified atom stereocenters. The van der Waals surface area contributed by atoms with Crippen molar-refractivity contribution in [1.29, 1.82) is 0 Å². The smallest absolute Gasteiger partial charge is 0.299 e. The Morgan fingerprint density at radius 3 is 2.94 bits per heavy atom. The second-order valence-corrected chi connectivity index (χ2v) is 3.55. The van der Waals surface area contributed by atoms with Crippen molar-refractivity contribution in [1.82, 2.24) is 15.0 Å². The number of para-hydroxylation sites is 1. The number of pyridine rings is 1. The van der Waals surface area contributed by atoms with Crippen LogP contribution < -0.4 is 10.3 Å². The summed E-state index contributed by atoms with van der Waals surface area (Å²) in [5, 5.41) is 0.911. The van der Waals surface area contributed by atoms with Crippen LogP contribution in [0.15, 0.2) is 47.5 Å². The van der Waals surface area contributed by atoms with Crippen molar-refractivity contribution in [3.05, 3.63) is 53.1 Å². The Balaban J connectivity index is 2.10. The number of hydrogen-bond acceptors (Lipinski definition) is 3. The summed E-state index contributed by atoms with van der Waals surface area (Å²) in [4.78, 5) is 21.2. The number of aromatic nitrogens is 3. The van der Waals surface area contributed by atoms with Gasteiger partial charge in [-0.3, -0.25) is 4.79 Å². The Morgan fingerprint density at radius 1 is 1.24 bits per heavy atom. The summed E-state index contributed by atoms with van der Waals surface area (Å²) in [6.07, 6.45) is 3.19. The molecule has 2 heterocycles. The number of ether oxygens (including phenoxy) is 1. The largest absolute Gasteiger partial charge is 0.420 e. The standard InChI is InChI=1S/C12H9N3O2/c16-11-10(17-12-13-5-6-14-12)7-8-3-1-2-4-9(8)15-11/h1-7H,(H,13,14)(H,15,16). The zero-order valence-electron chi connectivity index (χ0n) is 8.81.